The van der Waals surface area contributed by atoms with Crippen molar-refractivity contribution in [3.05, 3.63) is 24.3 Å². The molecule has 0 aromatic rings. The van der Waals surface area contributed by atoms with Gasteiger partial charge in [-0.25, -0.2) is 4.99 Å². The van der Waals surface area contributed by atoms with Crippen LogP contribution in [0.1, 0.15) is 97.8 Å². The maximum Gasteiger partial charge on any atom is 0.183 e. The number of ether oxygens (including phenoxy) is 1. The lowest BCUT2D eigenvalue weighted by Gasteiger charge is -2.07. The van der Waals surface area contributed by atoms with Crippen LogP contribution in [-0.4, -0.2) is 18.0 Å². The second-order valence-corrected chi connectivity index (χ2v) is 7.59. The lowest BCUT2D eigenvalue weighted by atomic mass is 10.1. The van der Waals surface area contributed by atoms with Gasteiger partial charge in [0.15, 0.2) is 5.90 Å². The lowest BCUT2D eigenvalue weighted by Crippen LogP contribution is -2.17. The molecule has 0 saturated heterocycles. The molecular formula is C22H39NO. The van der Waals surface area contributed by atoms with Crippen molar-refractivity contribution in [2.24, 2.45) is 4.99 Å². The zero-order chi connectivity index (χ0) is 17.5. The standard InChI is InChI=1S/C22H39NO/c1-4-5-6-7-8-9-10-11-12-13-14-15-16-17-18-19-21-23-22(2,3)20-24-21/h11-12,14-15H,4-10,13,16-20H2,1-3H3/b12-11-,15-14-. The molecule has 0 fully saturated rings. The molecule has 0 spiro atoms. The van der Waals surface area contributed by atoms with Crippen molar-refractivity contribution in [2.75, 3.05) is 6.61 Å². The zero-order valence-electron chi connectivity index (χ0n) is 16.4. The number of hydrogen-bond acceptors (Lipinski definition) is 2. The summed E-state index contributed by atoms with van der Waals surface area (Å²) < 4.78 is 5.61. The normalized spacial score (nSPS) is 16.9. The lowest BCUT2D eigenvalue weighted by molar-refractivity contribution is 0.273. The number of nitrogens with zero attached hydrogens (tertiary/aromatic N) is 1. The van der Waals surface area contributed by atoms with E-state index in [-0.39, 0.29) is 5.54 Å². The van der Waals surface area contributed by atoms with Crippen molar-refractivity contribution in [3.8, 4) is 0 Å². The van der Waals surface area contributed by atoms with Crippen LogP contribution in [0.2, 0.25) is 0 Å². The third-order valence-electron chi connectivity index (χ3n) is 4.36. The molecule has 0 aromatic heterocycles. The minimum Gasteiger partial charge on any atom is -0.478 e. The summed E-state index contributed by atoms with van der Waals surface area (Å²) in [7, 11) is 0. The molecule has 24 heavy (non-hydrogen) atoms. The van der Waals surface area contributed by atoms with E-state index in [1.807, 2.05) is 0 Å². The van der Waals surface area contributed by atoms with Crippen LogP contribution < -0.4 is 0 Å². The molecule has 1 aliphatic rings. The third-order valence-corrected chi connectivity index (χ3v) is 4.36. The van der Waals surface area contributed by atoms with Crippen molar-refractivity contribution in [1.29, 1.82) is 0 Å². The highest BCUT2D eigenvalue weighted by molar-refractivity contribution is 5.78. The van der Waals surface area contributed by atoms with Gasteiger partial charge in [-0.3, -0.25) is 0 Å². The molecular weight excluding hydrogens is 294 g/mol. The van der Waals surface area contributed by atoms with Crippen molar-refractivity contribution in [3.63, 3.8) is 0 Å². The summed E-state index contributed by atoms with van der Waals surface area (Å²) in [5.41, 5.74) is -0.00290. The molecule has 0 N–H and O–H groups in total. The molecule has 0 bridgehead atoms. The van der Waals surface area contributed by atoms with Crippen LogP contribution in [0.25, 0.3) is 0 Å². The highest BCUT2D eigenvalue weighted by Gasteiger charge is 2.25. The fourth-order valence-corrected chi connectivity index (χ4v) is 2.88. The van der Waals surface area contributed by atoms with Crippen LogP contribution in [0, 0.1) is 0 Å². The summed E-state index contributed by atoms with van der Waals surface area (Å²) >= 11 is 0. The van der Waals surface area contributed by atoms with Gasteiger partial charge in [0.25, 0.3) is 0 Å². The van der Waals surface area contributed by atoms with E-state index in [0.29, 0.717) is 0 Å². The van der Waals surface area contributed by atoms with Gasteiger partial charge in [-0.05, 0) is 52.4 Å². The number of hydrogen-bond donors (Lipinski definition) is 0. The van der Waals surface area contributed by atoms with E-state index in [2.05, 4.69) is 50.1 Å². The summed E-state index contributed by atoms with van der Waals surface area (Å²) in [6.45, 7) is 7.27. The van der Waals surface area contributed by atoms with Gasteiger partial charge in [-0.2, -0.15) is 0 Å². The molecule has 0 aliphatic carbocycles. The molecule has 1 rings (SSSR count). The smallest absolute Gasteiger partial charge is 0.183 e. The highest BCUT2D eigenvalue weighted by Crippen LogP contribution is 2.19. The van der Waals surface area contributed by atoms with Gasteiger partial charge in [0.1, 0.15) is 6.61 Å². The van der Waals surface area contributed by atoms with Crippen LogP contribution in [0.5, 0.6) is 0 Å². The Bertz CT molecular complexity index is 393. The SMILES string of the molecule is CCCCCCCC/C=C\C/C=C\CCCCC1=NC(C)(C)CO1. The maximum atomic E-state index is 5.61. The Hall–Kier alpha value is -1.05. The van der Waals surface area contributed by atoms with Gasteiger partial charge in [0.05, 0.1) is 5.54 Å². The van der Waals surface area contributed by atoms with Crippen molar-refractivity contribution >= 4 is 5.90 Å². The van der Waals surface area contributed by atoms with Crippen LogP contribution in [0.15, 0.2) is 29.3 Å². The van der Waals surface area contributed by atoms with Gasteiger partial charge < -0.3 is 4.74 Å². The van der Waals surface area contributed by atoms with Crippen LogP contribution >= 0.6 is 0 Å². The second-order valence-electron chi connectivity index (χ2n) is 7.59. The average molecular weight is 334 g/mol. The molecule has 138 valence electrons. The molecule has 0 atom stereocenters. The highest BCUT2D eigenvalue weighted by atomic mass is 16.5. The Morgan fingerprint density at radius 2 is 1.50 bits per heavy atom. The molecule has 1 aliphatic heterocycles. The molecule has 2 nitrogen and oxygen atoms in total. The first kappa shape index (κ1) is 21.0. The first-order chi connectivity index (χ1) is 11.6. The summed E-state index contributed by atoms with van der Waals surface area (Å²) in [6.07, 6.45) is 24.5. The number of aliphatic imine (C=N–C) groups is 1. The Kier molecular flexibility index (Phi) is 11.6. The van der Waals surface area contributed by atoms with Crippen molar-refractivity contribution in [1.82, 2.24) is 0 Å². The minimum atomic E-state index is -0.00290. The largest absolute Gasteiger partial charge is 0.478 e. The third kappa shape index (κ3) is 11.5. The molecule has 0 aromatic carbocycles. The van der Waals surface area contributed by atoms with Crippen LogP contribution in [0.4, 0.5) is 0 Å². The average Bonchev–Trinajstić information content (AvgIpc) is 2.90. The van der Waals surface area contributed by atoms with Gasteiger partial charge in [-0.1, -0.05) is 63.3 Å². The van der Waals surface area contributed by atoms with E-state index < -0.39 is 0 Å². The monoisotopic (exact) mass is 333 g/mol. The van der Waals surface area contributed by atoms with Crippen molar-refractivity contribution < 1.29 is 4.74 Å². The topological polar surface area (TPSA) is 21.6 Å². The molecule has 1 heterocycles. The summed E-state index contributed by atoms with van der Waals surface area (Å²) in [5, 5.41) is 0. The Balaban J connectivity index is 1.87. The van der Waals surface area contributed by atoms with E-state index in [0.717, 1.165) is 25.3 Å². The Morgan fingerprint density at radius 1 is 0.875 bits per heavy atom. The van der Waals surface area contributed by atoms with E-state index in [9.17, 15) is 0 Å². The quantitative estimate of drug-likeness (QED) is 0.247. The Morgan fingerprint density at radius 3 is 2.12 bits per heavy atom. The van der Waals surface area contributed by atoms with Crippen LogP contribution in [-0.2, 0) is 4.74 Å². The molecule has 0 radical (unpaired) electrons. The first-order valence-electron chi connectivity index (χ1n) is 10.2. The zero-order valence-corrected chi connectivity index (χ0v) is 16.4. The first-order valence-corrected chi connectivity index (χ1v) is 10.2. The van der Waals surface area contributed by atoms with Crippen molar-refractivity contribution in [2.45, 2.75) is 103 Å². The van der Waals surface area contributed by atoms with E-state index in [4.69, 9.17) is 4.74 Å². The van der Waals surface area contributed by atoms with Gasteiger partial charge in [0, 0.05) is 6.42 Å². The van der Waals surface area contributed by atoms with E-state index >= 15 is 0 Å². The van der Waals surface area contributed by atoms with Gasteiger partial charge >= 0.3 is 0 Å². The molecule has 2 heteroatoms. The second kappa shape index (κ2) is 13.3. The predicted octanol–water partition coefficient (Wildman–Crippen LogP) is 7.01. The summed E-state index contributed by atoms with van der Waals surface area (Å²) in [6, 6.07) is 0. The predicted molar refractivity (Wildman–Crippen MR) is 107 cm³/mol. The minimum absolute atomic E-state index is 0.00290. The molecule has 0 unspecified atom stereocenters. The van der Waals surface area contributed by atoms with Gasteiger partial charge in [0.2, 0.25) is 0 Å². The fourth-order valence-electron chi connectivity index (χ4n) is 2.88. The maximum absolute atomic E-state index is 5.61. The van der Waals surface area contributed by atoms with E-state index in [1.54, 1.807) is 0 Å². The van der Waals surface area contributed by atoms with E-state index in [1.165, 1.54) is 64.2 Å². The summed E-state index contributed by atoms with van der Waals surface area (Å²) in [5.74, 6) is 0.960. The van der Waals surface area contributed by atoms with Gasteiger partial charge in [-0.15, -0.1) is 0 Å². The molecule has 0 saturated carbocycles. The van der Waals surface area contributed by atoms with Crippen LogP contribution in [0.3, 0.4) is 0 Å². The number of rotatable bonds is 14. The Labute approximate surface area is 150 Å². The fraction of sp³-hybridized carbons (Fsp3) is 0.773. The molecule has 0 amide bonds. The number of unbranched alkanes of at least 4 members (excludes halogenated alkanes) is 8. The number of allylic oxidation sites excluding steroid dienone is 4. The summed E-state index contributed by atoms with van der Waals surface area (Å²) in [4.78, 5) is 4.59.